The number of aromatic nitrogens is 2. The molecular weight excluding hydrogens is 292 g/mol. The molecule has 6 nitrogen and oxygen atoms in total. The molecule has 0 saturated carbocycles. The second kappa shape index (κ2) is 6.58. The van der Waals surface area contributed by atoms with Crippen molar-refractivity contribution in [3.8, 4) is 0 Å². The van der Waals surface area contributed by atoms with E-state index in [9.17, 15) is 9.59 Å². The Morgan fingerprint density at radius 3 is 2.19 bits per heavy atom. The van der Waals surface area contributed by atoms with E-state index in [4.69, 9.17) is 5.73 Å². The van der Waals surface area contributed by atoms with E-state index in [1.54, 1.807) is 20.8 Å². The van der Waals surface area contributed by atoms with Gasteiger partial charge in [0.1, 0.15) is 11.4 Å². The van der Waals surface area contributed by atoms with Gasteiger partial charge in [0.05, 0.1) is 5.69 Å². The molecule has 0 bridgehead atoms. The summed E-state index contributed by atoms with van der Waals surface area (Å²) in [4.78, 5) is 31.2. The number of amides is 1. The number of halogens is 1. The Hall–Kier alpha value is -1.40. The minimum atomic E-state index is -0.533. The predicted molar refractivity (Wildman–Crippen MR) is 86.1 cm³/mol. The second-order valence-electron chi connectivity index (χ2n) is 6.80. The first kappa shape index (κ1) is 19.6. The first-order valence-electron chi connectivity index (χ1n) is 6.60. The number of carbonyl (C=O) groups is 1. The van der Waals surface area contributed by atoms with Gasteiger partial charge in [0, 0.05) is 17.5 Å². The Bertz CT molecular complexity index is 568. The molecule has 1 amide bonds. The van der Waals surface area contributed by atoms with Crippen molar-refractivity contribution in [1.29, 1.82) is 0 Å². The molecule has 0 atom stereocenters. The summed E-state index contributed by atoms with van der Waals surface area (Å²) < 4.78 is 0. The first-order valence-corrected chi connectivity index (χ1v) is 6.60. The van der Waals surface area contributed by atoms with Crippen LogP contribution in [0.4, 0.5) is 0 Å². The Morgan fingerprint density at radius 2 is 1.81 bits per heavy atom. The highest BCUT2D eigenvalue weighted by molar-refractivity contribution is 5.94. The number of carbonyl (C=O) groups excluding carboxylic acids is 1. The van der Waals surface area contributed by atoms with Gasteiger partial charge in [0.15, 0.2) is 0 Å². The first-order chi connectivity index (χ1) is 8.92. The van der Waals surface area contributed by atoms with Crippen LogP contribution in [0.25, 0.3) is 0 Å². The van der Waals surface area contributed by atoms with Gasteiger partial charge in [-0.2, -0.15) is 0 Å². The zero-order chi connectivity index (χ0) is 15.7. The normalized spacial score (nSPS) is 11.8. The van der Waals surface area contributed by atoms with E-state index in [2.05, 4.69) is 15.3 Å². The molecule has 1 aromatic heterocycles. The fraction of sp³-hybridized carbons (Fsp3) is 0.643. The van der Waals surface area contributed by atoms with Crippen LogP contribution in [0.15, 0.2) is 4.79 Å². The summed E-state index contributed by atoms with van der Waals surface area (Å²) in [5.74, 6) is 0.117. The van der Waals surface area contributed by atoms with E-state index in [-0.39, 0.29) is 29.9 Å². The van der Waals surface area contributed by atoms with Crippen LogP contribution < -0.4 is 16.6 Å². The molecule has 0 aliphatic rings. The van der Waals surface area contributed by atoms with Gasteiger partial charge in [-0.3, -0.25) is 9.59 Å². The molecule has 0 aliphatic heterocycles. The number of H-pyrrole nitrogens is 1. The van der Waals surface area contributed by atoms with Crippen LogP contribution in [0.5, 0.6) is 0 Å². The third-order valence-corrected chi connectivity index (χ3v) is 2.74. The third-order valence-electron chi connectivity index (χ3n) is 2.74. The number of rotatable bonds is 3. The number of hydrogen-bond acceptors (Lipinski definition) is 4. The van der Waals surface area contributed by atoms with E-state index < -0.39 is 17.0 Å². The molecule has 0 spiro atoms. The number of hydrogen-bond donors (Lipinski definition) is 3. The Labute approximate surface area is 131 Å². The predicted octanol–water partition coefficient (Wildman–Crippen LogP) is 1.26. The summed E-state index contributed by atoms with van der Waals surface area (Å²) >= 11 is 0. The van der Waals surface area contributed by atoms with Gasteiger partial charge in [0.2, 0.25) is 0 Å². The summed E-state index contributed by atoms with van der Waals surface area (Å²) in [6.07, 6.45) is 0. The van der Waals surface area contributed by atoms with Crippen molar-refractivity contribution in [2.75, 3.05) is 6.54 Å². The number of nitrogens with two attached hydrogens (primary N) is 1. The van der Waals surface area contributed by atoms with Crippen molar-refractivity contribution in [1.82, 2.24) is 15.3 Å². The van der Waals surface area contributed by atoms with Crippen LogP contribution in [-0.4, -0.2) is 28.0 Å². The van der Waals surface area contributed by atoms with E-state index in [0.717, 1.165) is 0 Å². The minimum Gasteiger partial charge on any atom is -0.350 e. The fourth-order valence-corrected chi connectivity index (χ4v) is 1.60. The van der Waals surface area contributed by atoms with E-state index in [0.29, 0.717) is 11.5 Å². The maximum atomic E-state index is 12.1. The lowest BCUT2D eigenvalue weighted by Gasteiger charge is -2.20. The number of nitrogens with zero attached hydrogens (tertiary/aromatic N) is 1. The van der Waals surface area contributed by atoms with Gasteiger partial charge >= 0.3 is 0 Å². The van der Waals surface area contributed by atoms with Gasteiger partial charge in [-0.25, -0.2) is 4.98 Å². The average Bonchev–Trinajstić information content (AvgIpc) is 2.23. The average molecular weight is 317 g/mol. The Morgan fingerprint density at radius 1 is 1.29 bits per heavy atom. The van der Waals surface area contributed by atoms with E-state index in [1.807, 2.05) is 20.8 Å². The fourth-order valence-electron chi connectivity index (χ4n) is 1.60. The van der Waals surface area contributed by atoms with Crippen molar-refractivity contribution >= 4 is 18.3 Å². The highest BCUT2D eigenvalue weighted by Gasteiger charge is 2.22. The van der Waals surface area contributed by atoms with Crippen LogP contribution in [0.3, 0.4) is 0 Å². The largest absolute Gasteiger partial charge is 0.350 e. The molecular formula is C14H25ClN4O2. The highest BCUT2D eigenvalue weighted by atomic mass is 35.5. The molecule has 4 N–H and O–H groups in total. The maximum absolute atomic E-state index is 12.1. The monoisotopic (exact) mass is 316 g/mol. The molecule has 0 aromatic carbocycles. The molecule has 7 heteroatoms. The lowest BCUT2D eigenvalue weighted by molar-refractivity contribution is 0.0943. The van der Waals surface area contributed by atoms with Crippen molar-refractivity contribution in [2.45, 2.75) is 52.5 Å². The number of aromatic amines is 1. The minimum absolute atomic E-state index is 0. The lowest BCUT2D eigenvalue weighted by atomic mass is 9.95. The zero-order valence-electron chi connectivity index (χ0n) is 13.5. The summed E-state index contributed by atoms with van der Waals surface area (Å²) in [7, 11) is 0. The zero-order valence-corrected chi connectivity index (χ0v) is 14.3. The quantitative estimate of drug-likeness (QED) is 0.781. The Balaban J connectivity index is 0.00000400. The second-order valence-corrected chi connectivity index (χ2v) is 6.80. The van der Waals surface area contributed by atoms with Gasteiger partial charge in [-0.05, 0) is 20.8 Å². The van der Waals surface area contributed by atoms with Crippen LogP contribution in [0.2, 0.25) is 0 Å². The smallest absolute Gasteiger partial charge is 0.264 e. The molecule has 1 rings (SSSR count). The van der Waals surface area contributed by atoms with Crippen LogP contribution in [-0.2, 0) is 5.41 Å². The summed E-state index contributed by atoms with van der Waals surface area (Å²) in [5, 5.41) is 2.65. The highest BCUT2D eigenvalue weighted by Crippen LogP contribution is 2.17. The summed E-state index contributed by atoms with van der Waals surface area (Å²) in [5.41, 5.74) is 5.04. The van der Waals surface area contributed by atoms with Crippen molar-refractivity contribution in [2.24, 2.45) is 5.73 Å². The number of aryl methyl sites for hydroxylation is 1. The third kappa shape index (κ3) is 5.47. The molecule has 120 valence electrons. The van der Waals surface area contributed by atoms with E-state index >= 15 is 0 Å². The SMILES string of the molecule is Cc1nc(C(C)(C)C)[nH]c(=O)c1C(=O)NCC(C)(C)N.Cl. The van der Waals surface area contributed by atoms with Crippen LogP contribution in [0.1, 0.15) is 56.5 Å². The van der Waals surface area contributed by atoms with Gasteiger partial charge < -0.3 is 16.0 Å². The Kier molecular flexibility index (Phi) is 6.14. The van der Waals surface area contributed by atoms with Crippen molar-refractivity contribution in [3.63, 3.8) is 0 Å². The van der Waals surface area contributed by atoms with Gasteiger partial charge in [-0.15, -0.1) is 12.4 Å². The van der Waals surface area contributed by atoms with Gasteiger partial charge in [-0.1, -0.05) is 20.8 Å². The van der Waals surface area contributed by atoms with Crippen LogP contribution >= 0.6 is 12.4 Å². The van der Waals surface area contributed by atoms with Crippen molar-refractivity contribution in [3.05, 3.63) is 27.4 Å². The van der Waals surface area contributed by atoms with Crippen LogP contribution in [0, 0.1) is 6.92 Å². The van der Waals surface area contributed by atoms with E-state index in [1.165, 1.54) is 0 Å². The molecule has 0 aliphatic carbocycles. The molecule has 0 fully saturated rings. The standard InChI is InChI=1S/C14H24N4O2.ClH/c1-8-9(10(19)16-7-14(5,6)15)11(20)18-12(17-8)13(2,3)4;/h7,15H2,1-6H3,(H,16,19)(H,17,18,20);1H. The molecule has 1 heterocycles. The molecule has 21 heavy (non-hydrogen) atoms. The molecule has 0 radical (unpaired) electrons. The molecule has 0 unspecified atom stereocenters. The maximum Gasteiger partial charge on any atom is 0.264 e. The molecule has 0 saturated heterocycles. The topological polar surface area (TPSA) is 101 Å². The summed E-state index contributed by atoms with van der Waals surface area (Å²) in [6, 6.07) is 0. The lowest BCUT2D eigenvalue weighted by Crippen LogP contribution is -2.46. The van der Waals surface area contributed by atoms with Gasteiger partial charge in [0.25, 0.3) is 11.5 Å². The number of nitrogens with one attached hydrogen (secondary N) is 2. The summed E-state index contributed by atoms with van der Waals surface area (Å²) in [6.45, 7) is 11.4. The molecule has 1 aromatic rings. The van der Waals surface area contributed by atoms with Crippen molar-refractivity contribution < 1.29 is 4.79 Å².